The average molecular weight is 177 g/mol. The Labute approximate surface area is 100 Å². The van der Waals surface area contributed by atoms with Crippen LogP contribution in [0.5, 0.6) is 0 Å². The predicted molar refractivity (Wildman–Crippen MR) is 58.6 cm³/mol. The molecule has 0 amide bonds. The molecule has 0 spiro atoms. The van der Waals surface area contributed by atoms with Crippen molar-refractivity contribution in [3.8, 4) is 0 Å². The van der Waals surface area contributed by atoms with Gasteiger partial charge in [0.1, 0.15) is 0 Å². The first kappa shape index (κ1) is 15.2. The first-order valence-corrected chi connectivity index (χ1v) is 5.02. The zero-order valence-electron chi connectivity index (χ0n) is 8.94. The van der Waals surface area contributed by atoms with E-state index in [-0.39, 0.29) is 29.6 Å². The summed E-state index contributed by atoms with van der Waals surface area (Å²) in [6, 6.07) is 0. The van der Waals surface area contributed by atoms with Crippen LogP contribution < -0.4 is 0 Å². The van der Waals surface area contributed by atoms with Gasteiger partial charge in [-0.1, -0.05) is 51.5 Å². The molecule has 12 heavy (non-hydrogen) atoms. The monoisotopic (exact) mass is 177 g/mol. The number of hydrogen-bond acceptors (Lipinski definition) is 0. The molecule has 0 bridgehead atoms. The molecular formula is C11H22Na. The van der Waals surface area contributed by atoms with E-state index in [4.69, 9.17) is 0 Å². The van der Waals surface area contributed by atoms with Crippen LogP contribution in [0.1, 0.15) is 58.3 Å². The van der Waals surface area contributed by atoms with Crippen molar-refractivity contribution in [3.05, 3.63) is 12.7 Å². The van der Waals surface area contributed by atoms with Crippen LogP contribution in [0, 0.1) is 0 Å². The smallest absolute Gasteiger partial charge is 0 e. The SMILES string of the molecule is C=CCCCCCCCCC.[Na]. The molecule has 0 aromatic heterocycles. The van der Waals surface area contributed by atoms with E-state index in [1.54, 1.807) is 0 Å². The predicted octanol–water partition coefficient (Wildman–Crippen LogP) is 3.93. The topological polar surface area (TPSA) is 0 Å². The molecule has 0 rings (SSSR count). The zero-order chi connectivity index (χ0) is 8.36. The van der Waals surface area contributed by atoms with Gasteiger partial charge in [0.15, 0.2) is 0 Å². The van der Waals surface area contributed by atoms with E-state index in [0.717, 1.165) is 0 Å². The van der Waals surface area contributed by atoms with Crippen molar-refractivity contribution in [1.29, 1.82) is 0 Å². The molecule has 0 saturated heterocycles. The van der Waals surface area contributed by atoms with E-state index in [1.807, 2.05) is 6.08 Å². The first-order valence-electron chi connectivity index (χ1n) is 5.02. The fourth-order valence-electron chi connectivity index (χ4n) is 1.25. The summed E-state index contributed by atoms with van der Waals surface area (Å²) in [6.45, 7) is 5.97. The molecule has 1 radical (unpaired) electrons. The number of rotatable bonds is 8. The molecule has 0 aliphatic heterocycles. The number of allylic oxidation sites excluding steroid dienone is 1. The third-order valence-electron chi connectivity index (χ3n) is 2.01. The Hall–Kier alpha value is 0.740. The van der Waals surface area contributed by atoms with Crippen LogP contribution in [0.25, 0.3) is 0 Å². The maximum absolute atomic E-state index is 3.71. The second kappa shape index (κ2) is 14.3. The van der Waals surface area contributed by atoms with Crippen LogP contribution >= 0.6 is 0 Å². The van der Waals surface area contributed by atoms with Crippen molar-refractivity contribution >= 4 is 29.6 Å². The maximum atomic E-state index is 3.71. The van der Waals surface area contributed by atoms with Crippen molar-refractivity contribution in [2.24, 2.45) is 0 Å². The second-order valence-electron chi connectivity index (χ2n) is 3.20. The summed E-state index contributed by atoms with van der Waals surface area (Å²) in [7, 11) is 0. The summed E-state index contributed by atoms with van der Waals surface area (Å²) in [4.78, 5) is 0. The Bertz CT molecular complexity index is 79.1. The molecule has 0 saturated carbocycles. The molecule has 0 nitrogen and oxygen atoms in total. The van der Waals surface area contributed by atoms with Gasteiger partial charge in [0, 0.05) is 29.6 Å². The van der Waals surface area contributed by atoms with Crippen molar-refractivity contribution < 1.29 is 0 Å². The van der Waals surface area contributed by atoms with Gasteiger partial charge in [0.2, 0.25) is 0 Å². The van der Waals surface area contributed by atoms with Crippen LogP contribution in [-0.4, -0.2) is 29.6 Å². The van der Waals surface area contributed by atoms with E-state index in [2.05, 4.69) is 13.5 Å². The molecule has 0 heterocycles. The summed E-state index contributed by atoms with van der Waals surface area (Å²) in [5, 5.41) is 0. The van der Waals surface area contributed by atoms with Gasteiger partial charge in [0.05, 0.1) is 0 Å². The van der Waals surface area contributed by atoms with E-state index >= 15 is 0 Å². The minimum Gasteiger partial charge on any atom is -0.103 e. The average Bonchev–Trinajstić information content (AvgIpc) is 2.03. The van der Waals surface area contributed by atoms with Gasteiger partial charge in [-0.15, -0.1) is 6.58 Å². The summed E-state index contributed by atoms with van der Waals surface area (Å²) < 4.78 is 0. The molecule has 1 heteroatoms. The molecule has 0 atom stereocenters. The van der Waals surface area contributed by atoms with Crippen LogP contribution in [0.3, 0.4) is 0 Å². The first-order chi connectivity index (χ1) is 5.41. The molecule has 0 aliphatic carbocycles. The van der Waals surface area contributed by atoms with E-state index in [9.17, 15) is 0 Å². The van der Waals surface area contributed by atoms with Crippen molar-refractivity contribution in [3.63, 3.8) is 0 Å². The molecule has 0 aromatic carbocycles. The Morgan fingerprint density at radius 3 is 1.92 bits per heavy atom. The van der Waals surface area contributed by atoms with Crippen LogP contribution in [0.2, 0.25) is 0 Å². The minimum absolute atomic E-state index is 0. The van der Waals surface area contributed by atoms with E-state index < -0.39 is 0 Å². The summed E-state index contributed by atoms with van der Waals surface area (Å²) >= 11 is 0. The Morgan fingerprint density at radius 2 is 1.42 bits per heavy atom. The van der Waals surface area contributed by atoms with Gasteiger partial charge in [-0.3, -0.25) is 0 Å². The van der Waals surface area contributed by atoms with Gasteiger partial charge in [-0.05, 0) is 12.8 Å². The molecule has 0 N–H and O–H groups in total. The van der Waals surface area contributed by atoms with Crippen LogP contribution in [0.15, 0.2) is 12.7 Å². The molecule has 0 fully saturated rings. The van der Waals surface area contributed by atoms with Gasteiger partial charge < -0.3 is 0 Å². The maximum Gasteiger partial charge on any atom is 0 e. The number of unbranched alkanes of at least 4 members (excludes halogenated alkanes) is 7. The Kier molecular flexibility index (Phi) is 18.1. The normalized spacial score (nSPS) is 9.08. The Morgan fingerprint density at radius 1 is 0.917 bits per heavy atom. The van der Waals surface area contributed by atoms with E-state index in [0.29, 0.717) is 0 Å². The summed E-state index contributed by atoms with van der Waals surface area (Å²) in [5.74, 6) is 0. The van der Waals surface area contributed by atoms with Crippen molar-refractivity contribution in [2.75, 3.05) is 0 Å². The molecule has 67 valence electrons. The number of hydrogen-bond donors (Lipinski definition) is 0. The van der Waals surface area contributed by atoms with Gasteiger partial charge in [-0.2, -0.15) is 0 Å². The van der Waals surface area contributed by atoms with Crippen molar-refractivity contribution in [1.82, 2.24) is 0 Å². The van der Waals surface area contributed by atoms with Crippen molar-refractivity contribution in [2.45, 2.75) is 58.3 Å². The quantitative estimate of drug-likeness (QED) is 0.299. The third-order valence-corrected chi connectivity index (χ3v) is 2.01. The zero-order valence-corrected chi connectivity index (χ0v) is 10.9. The fourth-order valence-corrected chi connectivity index (χ4v) is 1.25. The molecule has 0 unspecified atom stereocenters. The molecule has 0 aromatic rings. The van der Waals surface area contributed by atoms with Gasteiger partial charge in [0.25, 0.3) is 0 Å². The largest absolute Gasteiger partial charge is 0.103 e. The molecular weight excluding hydrogens is 155 g/mol. The Balaban J connectivity index is 0. The third kappa shape index (κ3) is 13.3. The van der Waals surface area contributed by atoms with Gasteiger partial charge in [-0.25, -0.2) is 0 Å². The second-order valence-corrected chi connectivity index (χ2v) is 3.20. The van der Waals surface area contributed by atoms with E-state index in [1.165, 1.54) is 51.4 Å². The molecule has 0 aliphatic rings. The summed E-state index contributed by atoms with van der Waals surface area (Å²) in [5.41, 5.74) is 0. The standard InChI is InChI=1S/C11H22.Na/c1-3-5-7-9-11-10-8-6-4-2;/h3H,1,4-11H2,2H3;. The van der Waals surface area contributed by atoms with Gasteiger partial charge >= 0.3 is 0 Å². The minimum atomic E-state index is 0. The summed E-state index contributed by atoms with van der Waals surface area (Å²) in [6.07, 6.45) is 13.0. The van der Waals surface area contributed by atoms with Crippen LogP contribution in [-0.2, 0) is 0 Å². The van der Waals surface area contributed by atoms with Crippen LogP contribution in [0.4, 0.5) is 0 Å². The fraction of sp³-hybridized carbons (Fsp3) is 0.818.